The van der Waals surface area contributed by atoms with Crippen LogP contribution in [0.4, 0.5) is 0 Å². The molecule has 112 valence electrons. The maximum Gasteiger partial charge on any atom is 0.323 e. The highest BCUT2D eigenvalue weighted by Gasteiger charge is 2.72. The number of fused-ring (bicyclic) bond motifs is 1. The number of likely N-dealkylation sites (N-methyl/N-ethyl adjacent to an activating group) is 1. The summed E-state index contributed by atoms with van der Waals surface area (Å²) in [4.78, 5) is 36.7. The number of piperidine rings is 1. The molecule has 1 saturated carbocycles. The Morgan fingerprint density at radius 1 is 1.35 bits per heavy atom. The lowest BCUT2D eigenvalue weighted by molar-refractivity contribution is -0.144. The van der Waals surface area contributed by atoms with Crippen LogP contribution in [0.15, 0.2) is 0 Å². The SMILES string of the molecule is CNC(C)(CCCN1C(=O)C2C(C1=O)C2(C)C)C(=O)O. The maximum absolute atomic E-state index is 12.1. The number of hydrogen-bond acceptors (Lipinski definition) is 4. The van der Waals surface area contributed by atoms with Gasteiger partial charge in [0.25, 0.3) is 0 Å². The van der Waals surface area contributed by atoms with Gasteiger partial charge in [-0.05, 0) is 32.2 Å². The predicted octanol–water partition coefficient (Wildman–Crippen LogP) is 0.470. The highest BCUT2D eigenvalue weighted by Crippen LogP contribution is 2.63. The number of nitrogens with zero attached hydrogens (tertiary/aromatic N) is 1. The number of amides is 2. The lowest BCUT2D eigenvalue weighted by Gasteiger charge is -2.26. The van der Waals surface area contributed by atoms with Crippen molar-refractivity contribution in [2.24, 2.45) is 17.3 Å². The fraction of sp³-hybridized carbons (Fsp3) is 0.786. The van der Waals surface area contributed by atoms with E-state index in [1.165, 1.54) is 4.90 Å². The molecular formula is C14H22N2O4. The van der Waals surface area contributed by atoms with Gasteiger partial charge < -0.3 is 10.4 Å². The number of carboxylic acids is 1. The molecule has 1 heterocycles. The number of rotatable bonds is 6. The summed E-state index contributed by atoms with van der Waals surface area (Å²) in [5.74, 6) is -1.43. The third-order valence-corrected chi connectivity index (χ3v) is 4.97. The number of nitrogens with one attached hydrogen (secondary N) is 1. The second kappa shape index (κ2) is 4.55. The molecule has 2 amide bonds. The van der Waals surface area contributed by atoms with Gasteiger partial charge in [0.2, 0.25) is 11.8 Å². The van der Waals surface area contributed by atoms with Crippen molar-refractivity contribution in [1.82, 2.24) is 10.2 Å². The number of imide groups is 1. The number of carboxylic acid groups (broad SMARTS) is 1. The summed E-state index contributed by atoms with van der Waals surface area (Å²) in [6.07, 6.45) is 0.857. The Labute approximate surface area is 118 Å². The van der Waals surface area contributed by atoms with Crippen molar-refractivity contribution >= 4 is 17.8 Å². The first-order valence-electron chi connectivity index (χ1n) is 6.94. The molecule has 2 fully saturated rings. The van der Waals surface area contributed by atoms with Crippen molar-refractivity contribution < 1.29 is 19.5 Å². The number of carbonyl (C=O) groups excluding carboxylic acids is 2. The molecule has 1 aliphatic heterocycles. The molecule has 0 aromatic carbocycles. The van der Waals surface area contributed by atoms with Gasteiger partial charge in [0, 0.05) is 6.54 Å². The Kier molecular flexibility index (Phi) is 3.40. The van der Waals surface area contributed by atoms with E-state index in [0.717, 1.165) is 0 Å². The highest BCUT2D eigenvalue weighted by atomic mass is 16.4. The lowest BCUT2D eigenvalue weighted by Crippen LogP contribution is -2.48. The molecule has 0 bridgehead atoms. The third kappa shape index (κ3) is 2.02. The quantitative estimate of drug-likeness (QED) is 0.692. The topological polar surface area (TPSA) is 86.7 Å². The van der Waals surface area contributed by atoms with Crippen LogP contribution >= 0.6 is 0 Å². The molecule has 2 N–H and O–H groups in total. The van der Waals surface area contributed by atoms with E-state index in [1.54, 1.807) is 14.0 Å². The summed E-state index contributed by atoms with van der Waals surface area (Å²) in [6, 6.07) is 0. The maximum atomic E-state index is 12.1. The van der Waals surface area contributed by atoms with Gasteiger partial charge in [-0.1, -0.05) is 13.8 Å². The minimum atomic E-state index is -1.02. The van der Waals surface area contributed by atoms with Crippen molar-refractivity contribution in [2.75, 3.05) is 13.6 Å². The van der Waals surface area contributed by atoms with Gasteiger partial charge in [-0.25, -0.2) is 0 Å². The van der Waals surface area contributed by atoms with Gasteiger partial charge in [0.1, 0.15) is 5.54 Å². The zero-order valence-electron chi connectivity index (χ0n) is 12.4. The van der Waals surface area contributed by atoms with Gasteiger partial charge in [-0.3, -0.25) is 19.3 Å². The van der Waals surface area contributed by atoms with E-state index in [0.29, 0.717) is 19.4 Å². The molecule has 6 heteroatoms. The second-order valence-electron chi connectivity index (χ2n) is 6.60. The average molecular weight is 282 g/mol. The van der Waals surface area contributed by atoms with Gasteiger partial charge in [0.05, 0.1) is 11.8 Å². The van der Waals surface area contributed by atoms with E-state index in [9.17, 15) is 14.4 Å². The summed E-state index contributed by atoms with van der Waals surface area (Å²) < 4.78 is 0. The fourth-order valence-electron chi connectivity index (χ4n) is 3.15. The first-order valence-corrected chi connectivity index (χ1v) is 6.94. The average Bonchev–Trinajstić information content (AvgIpc) is 2.84. The molecule has 1 aliphatic carbocycles. The van der Waals surface area contributed by atoms with Crippen molar-refractivity contribution in [1.29, 1.82) is 0 Å². The van der Waals surface area contributed by atoms with Gasteiger partial charge in [-0.2, -0.15) is 0 Å². The van der Waals surface area contributed by atoms with E-state index >= 15 is 0 Å². The zero-order valence-corrected chi connectivity index (χ0v) is 12.4. The summed E-state index contributed by atoms with van der Waals surface area (Å²) in [5, 5.41) is 11.9. The van der Waals surface area contributed by atoms with E-state index in [2.05, 4.69) is 5.32 Å². The standard InChI is InChI=1S/C14H22N2O4/c1-13(2)8-9(13)11(18)16(10(8)17)7-5-6-14(3,15-4)12(19)20/h8-9,15H,5-7H2,1-4H3,(H,19,20). The smallest absolute Gasteiger partial charge is 0.323 e. The molecule has 3 atom stereocenters. The minimum Gasteiger partial charge on any atom is -0.480 e. The number of hydrogen-bond donors (Lipinski definition) is 2. The van der Waals surface area contributed by atoms with E-state index in [1.807, 2.05) is 13.8 Å². The second-order valence-corrected chi connectivity index (χ2v) is 6.60. The summed E-state index contributed by atoms with van der Waals surface area (Å²) in [6.45, 7) is 5.80. The highest BCUT2D eigenvalue weighted by molar-refractivity contribution is 6.10. The first-order chi connectivity index (χ1) is 9.16. The van der Waals surface area contributed by atoms with Crippen LogP contribution < -0.4 is 5.32 Å². The number of carbonyl (C=O) groups is 3. The molecule has 6 nitrogen and oxygen atoms in total. The minimum absolute atomic E-state index is 0.0912. The molecule has 1 saturated heterocycles. The van der Waals surface area contributed by atoms with Crippen molar-refractivity contribution in [3.05, 3.63) is 0 Å². The van der Waals surface area contributed by atoms with Gasteiger partial charge >= 0.3 is 5.97 Å². The van der Waals surface area contributed by atoms with Crippen LogP contribution in [0.5, 0.6) is 0 Å². The summed E-state index contributed by atoms with van der Waals surface area (Å²) in [7, 11) is 1.60. The Balaban J connectivity index is 1.90. The molecule has 20 heavy (non-hydrogen) atoms. The number of likely N-dealkylation sites (tertiary alicyclic amines) is 1. The molecule has 0 spiro atoms. The predicted molar refractivity (Wildman–Crippen MR) is 71.8 cm³/mol. The molecule has 0 aromatic heterocycles. The summed E-state index contributed by atoms with van der Waals surface area (Å²) in [5.41, 5.74) is -1.21. The Morgan fingerprint density at radius 2 is 1.85 bits per heavy atom. The molecule has 2 rings (SSSR count). The third-order valence-electron chi connectivity index (χ3n) is 4.97. The Bertz CT molecular complexity index is 450. The van der Waals surface area contributed by atoms with Crippen LogP contribution in [0.3, 0.4) is 0 Å². The largest absolute Gasteiger partial charge is 0.480 e. The van der Waals surface area contributed by atoms with Crippen LogP contribution in [0, 0.1) is 17.3 Å². The van der Waals surface area contributed by atoms with Crippen LogP contribution in [-0.4, -0.2) is 46.9 Å². The van der Waals surface area contributed by atoms with E-state index < -0.39 is 11.5 Å². The molecular weight excluding hydrogens is 260 g/mol. The van der Waals surface area contributed by atoms with Crippen molar-refractivity contribution in [2.45, 2.75) is 39.2 Å². The van der Waals surface area contributed by atoms with Gasteiger partial charge in [-0.15, -0.1) is 0 Å². The van der Waals surface area contributed by atoms with Crippen molar-refractivity contribution in [3.8, 4) is 0 Å². The normalized spacial score (nSPS) is 30.1. The zero-order chi connectivity index (χ0) is 15.3. The van der Waals surface area contributed by atoms with E-state index in [-0.39, 0.29) is 29.1 Å². The monoisotopic (exact) mass is 282 g/mol. The Morgan fingerprint density at radius 3 is 2.25 bits per heavy atom. The lowest BCUT2D eigenvalue weighted by atomic mass is 9.96. The molecule has 0 radical (unpaired) electrons. The molecule has 2 aliphatic rings. The molecule has 3 unspecified atom stereocenters. The van der Waals surface area contributed by atoms with E-state index in [4.69, 9.17) is 5.11 Å². The van der Waals surface area contributed by atoms with Crippen LogP contribution in [0.2, 0.25) is 0 Å². The van der Waals surface area contributed by atoms with Crippen LogP contribution in [0.25, 0.3) is 0 Å². The van der Waals surface area contributed by atoms with Gasteiger partial charge in [0.15, 0.2) is 0 Å². The van der Waals surface area contributed by atoms with Crippen LogP contribution in [-0.2, 0) is 14.4 Å². The van der Waals surface area contributed by atoms with Crippen LogP contribution in [0.1, 0.15) is 33.6 Å². The molecule has 0 aromatic rings. The first kappa shape index (κ1) is 15.0. The number of aliphatic carboxylic acids is 1. The van der Waals surface area contributed by atoms with Crippen molar-refractivity contribution in [3.63, 3.8) is 0 Å². The fourth-order valence-corrected chi connectivity index (χ4v) is 3.15. The summed E-state index contributed by atoms with van der Waals surface area (Å²) >= 11 is 0. The Hall–Kier alpha value is -1.43.